The van der Waals surface area contributed by atoms with Gasteiger partial charge in [0.15, 0.2) is 0 Å². The van der Waals surface area contributed by atoms with Crippen molar-refractivity contribution >= 4 is 11.3 Å². The first-order chi connectivity index (χ1) is 5.45. The monoisotopic (exact) mass is 168 g/mol. The Morgan fingerprint density at radius 1 is 1.36 bits per heavy atom. The summed E-state index contributed by atoms with van der Waals surface area (Å²) in [5, 5.41) is 2.17. The topological polar surface area (TPSA) is 4.44 Å². The first-order valence-corrected chi connectivity index (χ1v) is 5.19. The first kappa shape index (κ1) is 7.32. The van der Waals surface area contributed by atoms with E-state index < -0.39 is 0 Å². The third kappa shape index (κ3) is 1.82. The van der Waals surface area contributed by atoms with Crippen LogP contribution in [-0.2, 0) is 6.54 Å². The summed E-state index contributed by atoms with van der Waals surface area (Å²) in [7, 11) is 0. The molecule has 2 heterocycles. The first-order valence-electron chi connectivity index (χ1n) is 4.31. The highest BCUT2D eigenvalue weighted by atomic mass is 32.1. The molecule has 11 heavy (non-hydrogen) atoms. The molecule has 0 radical (unpaired) electrons. The second kappa shape index (κ2) is 3.37. The van der Waals surface area contributed by atoms with Gasteiger partial charge in [0.1, 0.15) is 6.54 Å². The lowest BCUT2D eigenvalue weighted by atomic mass is 10.4. The Labute approximate surface area is 71.7 Å². The number of nitrogens with one attached hydrogen (secondary N) is 1. The van der Waals surface area contributed by atoms with Crippen LogP contribution in [0.4, 0.5) is 0 Å². The van der Waals surface area contributed by atoms with Crippen LogP contribution in [0.2, 0.25) is 0 Å². The average Bonchev–Trinajstić information content (AvgIpc) is 2.60. The lowest BCUT2D eigenvalue weighted by molar-refractivity contribution is -0.901. The molecule has 0 aliphatic carbocycles. The molecule has 1 aromatic rings. The van der Waals surface area contributed by atoms with Crippen LogP contribution in [0, 0.1) is 0 Å². The fourth-order valence-corrected chi connectivity index (χ4v) is 2.49. The molecule has 0 amide bonds. The predicted molar refractivity (Wildman–Crippen MR) is 48.0 cm³/mol. The maximum Gasteiger partial charge on any atom is 0.112 e. The largest absolute Gasteiger partial charge is 0.331 e. The van der Waals surface area contributed by atoms with Crippen LogP contribution in [0.15, 0.2) is 17.5 Å². The smallest absolute Gasteiger partial charge is 0.112 e. The molecule has 0 aromatic carbocycles. The predicted octanol–water partition coefficient (Wildman–Crippen LogP) is 0.927. The molecule has 1 aliphatic heterocycles. The fourth-order valence-electron chi connectivity index (χ4n) is 1.71. The zero-order chi connectivity index (χ0) is 7.52. The van der Waals surface area contributed by atoms with Crippen LogP contribution in [-0.4, -0.2) is 13.1 Å². The van der Waals surface area contributed by atoms with E-state index >= 15 is 0 Å². The van der Waals surface area contributed by atoms with Crippen LogP contribution in [0.3, 0.4) is 0 Å². The van der Waals surface area contributed by atoms with Crippen molar-refractivity contribution in [3.8, 4) is 0 Å². The number of thiophene rings is 1. The molecule has 1 aromatic heterocycles. The Kier molecular flexibility index (Phi) is 2.24. The number of hydrogen-bond donors (Lipinski definition) is 1. The molecule has 1 fully saturated rings. The standard InChI is InChI=1S/C9H13NS/c1-2-6-10(5-1)8-9-4-3-7-11-9/h3-4,7H,1-2,5-6,8H2/p+1. The lowest BCUT2D eigenvalue weighted by Crippen LogP contribution is -3.08. The van der Waals surface area contributed by atoms with Gasteiger partial charge in [0.25, 0.3) is 0 Å². The molecule has 0 saturated carbocycles. The zero-order valence-electron chi connectivity index (χ0n) is 6.68. The molecular weight excluding hydrogens is 154 g/mol. The van der Waals surface area contributed by atoms with E-state index in [1.54, 1.807) is 9.78 Å². The van der Waals surface area contributed by atoms with Gasteiger partial charge in [0.2, 0.25) is 0 Å². The minimum absolute atomic E-state index is 1.26. The van der Waals surface area contributed by atoms with Gasteiger partial charge >= 0.3 is 0 Å². The summed E-state index contributed by atoms with van der Waals surface area (Å²) < 4.78 is 0. The summed E-state index contributed by atoms with van der Waals surface area (Å²) in [4.78, 5) is 3.31. The Hall–Kier alpha value is -0.340. The zero-order valence-corrected chi connectivity index (χ0v) is 7.49. The van der Waals surface area contributed by atoms with Gasteiger partial charge in [-0.1, -0.05) is 6.07 Å². The van der Waals surface area contributed by atoms with Gasteiger partial charge in [0.05, 0.1) is 18.0 Å². The van der Waals surface area contributed by atoms with E-state index in [4.69, 9.17) is 0 Å². The molecule has 2 rings (SSSR count). The highest BCUT2D eigenvalue weighted by molar-refractivity contribution is 7.09. The van der Waals surface area contributed by atoms with Crippen LogP contribution in [0.1, 0.15) is 17.7 Å². The van der Waals surface area contributed by atoms with Crippen LogP contribution < -0.4 is 4.90 Å². The van der Waals surface area contributed by atoms with Crippen LogP contribution in [0.5, 0.6) is 0 Å². The summed E-state index contributed by atoms with van der Waals surface area (Å²) in [5.74, 6) is 0. The Balaban J connectivity index is 1.90. The third-order valence-corrected chi connectivity index (χ3v) is 3.19. The van der Waals surface area contributed by atoms with Gasteiger partial charge in [-0.05, 0) is 11.4 Å². The molecule has 0 spiro atoms. The van der Waals surface area contributed by atoms with Gasteiger partial charge in [-0.2, -0.15) is 0 Å². The van der Waals surface area contributed by atoms with Crippen molar-refractivity contribution in [1.82, 2.24) is 0 Å². The molecule has 0 atom stereocenters. The molecule has 2 heteroatoms. The van der Waals surface area contributed by atoms with Crippen molar-refractivity contribution in [3.63, 3.8) is 0 Å². The molecule has 1 saturated heterocycles. The van der Waals surface area contributed by atoms with Gasteiger partial charge in [-0.3, -0.25) is 0 Å². The maximum atomic E-state index is 2.25. The van der Waals surface area contributed by atoms with Gasteiger partial charge < -0.3 is 4.90 Å². The van der Waals surface area contributed by atoms with E-state index in [0.29, 0.717) is 0 Å². The molecule has 60 valence electrons. The van der Waals surface area contributed by atoms with Gasteiger partial charge in [0, 0.05) is 12.8 Å². The van der Waals surface area contributed by atoms with Crippen molar-refractivity contribution in [2.45, 2.75) is 19.4 Å². The summed E-state index contributed by atoms with van der Waals surface area (Å²) in [6.45, 7) is 4.04. The second-order valence-electron chi connectivity index (χ2n) is 3.21. The SMILES string of the molecule is c1csc(C[NH+]2CCCC2)c1. The number of quaternary nitrogens is 1. The number of rotatable bonds is 2. The van der Waals surface area contributed by atoms with E-state index in [1.165, 1.54) is 32.5 Å². The summed E-state index contributed by atoms with van der Waals surface area (Å²) in [6.07, 6.45) is 2.86. The minimum atomic E-state index is 1.26. The van der Waals surface area contributed by atoms with Crippen molar-refractivity contribution < 1.29 is 4.90 Å². The highest BCUT2D eigenvalue weighted by Gasteiger charge is 2.15. The fraction of sp³-hybridized carbons (Fsp3) is 0.556. The molecule has 1 aliphatic rings. The Bertz CT molecular complexity index is 199. The van der Waals surface area contributed by atoms with E-state index in [-0.39, 0.29) is 0 Å². The highest BCUT2D eigenvalue weighted by Crippen LogP contribution is 2.06. The van der Waals surface area contributed by atoms with Crippen molar-refractivity contribution in [2.24, 2.45) is 0 Å². The normalized spacial score (nSPS) is 19.3. The quantitative estimate of drug-likeness (QED) is 0.670. The van der Waals surface area contributed by atoms with E-state index in [0.717, 1.165) is 0 Å². The summed E-state index contributed by atoms with van der Waals surface area (Å²) in [5.41, 5.74) is 0. The molecule has 1 N–H and O–H groups in total. The molecule has 0 unspecified atom stereocenters. The van der Waals surface area contributed by atoms with Crippen molar-refractivity contribution in [3.05, 3.63) is 22.4 Å². The van der Waals surface area contributed by atoms with E-state index in [9.17, 15) is 0 Å². The number of likely N-dealkylation sites (tertiary alicyclic amines) is 1. The third-order valence-electron chi connectivity index (χ3n) is 2.31. The number of hydrogen-bond acceptors (Lipinski definition) is 1. The average molecular weight is 168 g/mol. The van der Waals surface area contributed by atoms with Crippen molar-refractivity contribution in [2.75, 3.05) is 13.1 Å². The molecule has 1 nitrogen and oxygen atoms in total. The minimum Gasteiger partial charge on any atom is -0.331 e. The van der Waals surface area contributed by atoms with Gasteiger partial charge in [-0.25, -0.2) is 0 Å². The molecule has 0 bridgehead atoms. The Morgan fingerprint density at radius 3 is 2.82 bits per heavy atom. The lowest BCUT2D eigenvalue weighted by Gasteiger charge is -2.09. The van der Waals surface area contributed by atoms with Crippen molar-refractivity contribution in [1.29, 1.82) is 0 Å². The van der Waals surface area contributed by atoms with E-state index in [1.807, 2.05) is 11.3 Å². The van der Waals surface area contributed by atoms with Crippen LogP contribution in [0.25, 0.3) is 0 Å². The second-order valence-corrected chi connectivity index (χ2v) is 4.25. The maximum absolute atomic E-state index is 2.25. The van der Waals surface area contributed by atoms with Crippen LogP contribution >= 0.6 is 11.3 Å². The molecular formula is C9H14NS+. The summed E-state index contributed by atoms with van der Waals surface area (Å²) in [6, 6.07) is 4.39. The Morgan fingerprint density at radius 2 is 2.18 bits per heavy atom. The van der Waals surface area contributed by atoms with E-state index in [2.05, 4.69) is 17.5 Å². The summed E-state index contributed by atoms with van der Waals surface area (Å²) >= 11 is 1.89. The van der Waals surface area contributed by atoms with Gasteiger partial charge in [-0.15, -0.1) is 11.3 Å².